The second-order valence-electron chi connectivity index (χ2n) is 5.27. The molecule has 2 N–H and O–H groups in total. The van der Waals surface area contributed by atoms with Crippen LogP contribution in [0.25, 0.3) is 0 Å². The Morgan fingerprint density at radius 3 is 2.81 bits per heavy atom. The molecule has 116 valence electrons. The van der Waals surface area contributed by atoms with Crippen LogP contribution in [0.5, 0.6) is 0 Å². The van der Waals surface area contributed by atoms with E-state index in [1.807, 2.05) is 6.07 Å². The summed E-state index contributed by atoms with van der Waals surface area (Å²) in [6, 6.07) is 7.94. The first-order valence-corrected chi connectivity index (χ1v) is 8.15. The number of nitrogens with two attached hydrogens (primary N) is 1. The number of nitrogens with zero attached hydrogens (tertiary/aromatic N) is 2. The lowest BCUT2D eigenvalue weighted by Crippen LogP contribution is -2.49. The van der Waals surface area contributed by atoms with E-state index >= 15 is 0 Å². The molecule has 0 amide bonds. The normalized spacial score (nSPS) is 23.1. The highest BCUT2D eigenvalue weighted by atomic mass is 35.5. The lowest BCUT2D eigenvalue weighted by atomic mass is 9.94. The number of hydrogen-bond donors (Lipinski definition) is 1. The van der Waals surface area contributed by atoms with E-state index in [0.717, 1.165) is 12.8 Å². The molecule has 1 aliphatic rings. The van der Waals surface area contributed by atoms with E-state index in [1.54, 1.807) is 12.1 Å². The van der Waals surface area contributed by atoms with Crippen LogP contribution in [-0.2, 0) is 10.0 Å². The van der Waals surface area contributed by atoms with Crippen LogP contribution in [0.15, 0.2) is 29.2 Å². The standard InChI is InChI=1S/C14H19N3O2S.ClH/c1-11-5-6-17(13(7-11)10-16)20(18,19)14-4-2-3-12(8-14)9-15;/h2-4,8,11,13H,5-7,10,16H2,1H3;1H. The van der Waals surface area contributed by atoms with Crippen LogP contribution >= 0.6 is 12.4 Å². The highest BCUT2D eigenvalue weighted by Gasteiger charge is 2.34. The van der Waals surface area contributed by atoms with Gasteiger partial charge in [-0.3, -0.25) is 0 Å². The minimum absolute atomic E-state index is 0. The van der Waals surface area contributed by atoms with Gasteiger partial charge in [0.1, 0.15) is 0 Å². The average Bonchev–Trinajstić information content (AvgIpc) is 2.46. The van der Waals surface area contributed by atoms with E-state index in [9.17, 15) is 8.42 Å². The van der Waals surface area contributed by atoms with Crippen LogP contribution in [0.3, 0.4) is 0 Å². The fraction of sp³-hybridized carbons (Fsp3) is 0.500. The van der Waals surface area contributed by atoms with E-state index in [-0.39, 0.29) is 23.3 Å². The summed E-state index contributed by atoms with van der Waals surface area (Å²) < 4.78 is 26.9. The highest BCUT2D eigenvalue weighted by molar-refractivity contribution is 7.89. The molecule has 21 heavy (non-hydrogen) atoms. The van der Waals surface area contributed by atoms with Crippen molar-refractivity contribution in [2.75, 3.05) is 13.1 Å². The average molecular weight is 330 g/mol. The predicted octanol–water partition coefficient (Wildman–Crippen LogP) is 1.73. The SMILES string of the molecule is CC1CCN(S(=O)(=O)c2cccc(C#N)c2)C(CN)C1.Cl. The molecule has 0 spiro atoms. The van der Waals surface area contributed by atoms with Gasteiger partial charge in [-0.1, -0.05) is 13.0 Å². The lowest BCUT2D eigenvalue weighted by molar-refractivity contribution is 0.211. The van der Waals surface area contributed by atoms with Crippen LogP contribution in [0.2, 0.25) is 0 Å². The Kier molecular flexibility index (Phi) is 6.17. The lowest BCUT2D eigenvalue weighted by Gasteiger charge is -2.36. The third-order valence-corrected chi connectivity index (χ3v) is 5.71. The summed E-state index contributed by atoms with van der Waals surface area (Å²) in [5.41, 5.74) is 6.08. The summed E-state index contributed by atoms with van der Waals surface area (Å²) in [6.07, 6.45) is 1.63. The summed E-state index contributed by atoms with van der Waals surface area (Å²) in [4.78, 5) is 0.171. The Bertz CT molecular complexity index is 627. The van der Waals surface area contributed by atoms with Gasteiger partial charge < -0.3 is 5.73 Å². The summed E-state index contributed by atoms with van der Waals surface area (Å²) in [5.74, 6) is 0.487. The van der Waals surface area contributed by atoms with Gasteiger partial charge in [-0.05, 0) is 37.0 Å². The quantitative estimate of drug-likeness (QED) is 0.914. The number of sulfonamides is 1. The van der Waals surface area contributed by atoms with Gasteiger partial charge in [0, 0.05) is 19.1 Å². The second kappa shape index (κ2) is 7.23. The van der Waals surface area contributed by atoms with Crippen molar-refractivity contribution in [2.45, 2.75) is 30.7 Å². The molecule has 1 fully saturated rings. The number of nitriles is 1. The summed E-state index contributed by atoms with van der Waals surface area (Å²) in [5, 5.41) is 8.89. The number of halogens is 1. The zero-order valence-electron chi connectivity index (χ0n) is 11.9. The molecule has 0 saturated carbocycles. The van der Waals surface area contributed by atoms with Crippen molar-refractivity contribution in [1.82, 2.24) is 4.31 Å². The molecule has 2 rings (SSSR count). The summed E-state index contributed by atoms with van der Waals surface area (Å²) in [7, 11) is -3.58. The minimum atomic E-state index is -3.58. The molecule has 5 nitrogen and oxygen atoms in total. The molecule has 1 aromatic carbocycles. The van der Waals surface area contributed by atoms with Crippen LogP contribution in [-0.4, -0.2) is 31.9 Å². The summed E-state index contributed by atoms with van der Waals surface area (Å²) >= 11 is 0. The van der Waals surface area contributed by atoms with Gasteiger partial charge in [-0.25, -0.2) is 8.42 Å². The van der Waals surface area contributed by atoms with Crippen LogP contribution in [0.1, 0.15) is 25.3 Å². The minimum Gasteiger partial charge on any atom is -0.329 e. The van der Waals surface area contributed by atoms with Gasteiger partial charge in [-0.2, -0.15) is 9.57 Å². The molecule has 0 bridgehead atoms. The molecule has 7 heteroatoms. The van der Waals surface area contributed by atoms with Gasteiger partial charge >= 0.3 is 0 Å². The predicted molar refractivity (Wildman–Crippen MR) is 83.5 cm³/mol. The molecule has 2 unspecified atom stereocenters. The first-order chi connectivity index (χ1) is 9.48. The van der Waals surface area contributed by atoms with Crippen molar-refractivity contribution in [3.63, 3.8) is 0 Å². The van der Waals surface area contributed by atoms with Gasteiger partial charge in [0.25, 0.3) is 0 Å². The van der Waals surface area contributed by atoms with E-state index in [4.69, 9.17) is 11.0 Å². The fourth-order valence-electron chi connectivity index (χ4n) is 2.62. The molecule has 1 saturated heterocycles. The zero-order chi connectivity index (χ0) is 14.8. The largest absolute Gasteiger partial charge is 0.329 e. The van der Waals surface area contributed by atoms with Gasteiger partial charge in [-0.15, -0.1) is 12.4 Å². The second-order valence-corrected chi connectivity index (χ2v) is 7.17. The molecular weight excluding hydrogens is 310 g/mol. The molecule has 0 radical (unpaired) electrons. The monoisotopic (exact) mass is 329 g/mol. The maximum absolute atomic E-state index is 12.7. The van der Waals surface area contributed by atoms with E-state index < -0.39 is 10.0 Å². The first kappa shape index (κ1) is 17.9. The third-order valence-electron chi connectivity index (χ3n) is 3.77. The number of hydrogen-bond acceptors (Lipinski definition) is 4. The molecule has 2 atom stereocenters. The molecule has 1 aromatic rings. The maximum atomic E-state index is 12.7. The maximum Gasteiger partial charge on any atom is 0.243 e. The first-order valence-electron chi connectivity index (χ1n) is 6.71. The fourth-order valence-corrected chi connectivity index (χ4v) is 4.33. The van der Waals surface area contributed by atoms with E-state index in [1.165, 1.54) is 16.4 Å². The van der Waals surface area contributed by atoms with Gasteiger partial charge in [0.2, 0.25) is 10.0 Å². The van der Waals surface area contributed by atoms with Crippen LogP contribution in [0, 0.1) is 17.2 Å². The van der Waals surface area contributed by atoms with E-state index in [0.29, 0.717) is 24.6 Å². The van der Waals surface area contributed by atoms with Gasteiger partial charge in [0.05, 0.1) is 16.5 Å². The Morgan fingerprint density at radius 2 is 2.19 bits per heavy atom. The Morgan fingerprint density at radius 1 is 1.48 bits per heavy atom. The van der Waals surface area contributed by atoms with Crippen molar-refractivity contribution >= 4 is 22.4 Å². The zero-order valence-corrected chi connectivity index (χ0v) is 13.5. The van der Waals surface area contributed by atoms with Crippen LogP contribution in [0.4, 0.5) is 0 Å². The highest BCUT2D eigenvalue weighted by Crippen LogP contribution is 2.28. The smallest absolute Gasteiger partial charge is 0.243 e. The van der Waals surface area contributed by atoms with Crippen molar-refractivity contribution in [3.05, 3.63) is 29.8 Å². The Hall–Kier alpha value is -1.13. The van der Waals surface area contributed by atoms with Crippen molar-refractivity contribution < 1.29 is 8.42 Å². The molecule has 1 aliphatic heterocycles. The Balaban J connectivity index is 0.00000220. The van der Waals surface area contributed by atoms with E-state index in [2.05, 4.69) is 6.92 Å². The molecule has 1 heterocycles. The summed E-state index contributed by atoms with van der Waals surface area (Å²) in [6.45, 7) is 2.92. The van der Waals surface area contributed by atoms with Crippen molar-refractivity contribution in [2.24, 2.45) is 11.7 Å². The Labute approximate surface area is 132 Å². The number of benzene rings is 1. The topological polar surface area (TPSA) is 87.2 Å². The van der Waals surface area contributed by atoms with Crippen LogP contribution < -0.4 is 5.73 Å². The molecule has 0 aromatic heterocycles. The van der Waals surface area contributed by atoms with Crippen molar-refractivity contribution in [1.29, 1.82) is 5.26 Å². The van der Waals surface area contributed by atoms with Gasteiger partial charge in [0.15, 0.2) is 0 Å². The molecule has 0 aliphatic carbocycles. The van der Waals surface area contributed by atoms with Crippen molar-refractivity contribution in [3.8, 4) is 6.07 Å². The number of piperidine rings is 1. The third kappa shape index (κ3) is 3.74. The molecular formula is C14H20ClN3O2S. The number of rotatable bonds is 3.